The maximum atomic E-state index is 12.4. The first-order chi connectivity index (χ1) is 8.61. The van der Waals surface area contributed by atoms with Gasteiger partial charge in [-0.25, -0.2) is 0 Å². The number of fused-ring (bicyclic) bond motifs is 2. The minimum atomic E-state index is -0.214. The average molecular weight is 255 g/mol. The van der Waals surface area contributed by atoms with Crippen molar-refractivity contribution in [3.05, 3.63) is 58.7 Å². The zero-order valence-electron chi connectivity index (χ0n) is 9.31. The third-order valence-electron chi connectivity index (χ3n) is 3.09. The van der Waals surface area contributed by atoms with Crippen LogP contribution in [0.15, 0.2) is 41.3 Å². The van der Waals surface area contributed by atoms with E-state index in [4.69, 9.17) is 5.73 Å². The summed E-state index contributed by atoms with van der Waals surface area (Å²) in [5.41, 5.74) is 7.52. The van der Waals surface area contributed by atoms with Crippen LogP contribution in [0.4, 0.5) is 5.69 Å². The molecule has 0 amide bonds. The number of carbonyl (C=O) groups excluding carboxylic acids is 2. The number of anilines is 1. The summed E-state index contributed by atoms with van der Waals surface area (Å²) < 4.78 is 0. The highest BCUT2D eigenvalue weighted by atomic mass is 32.1. The molecule has 18 heavy (non-hydrogen) atoms. The highest BCUT2D eigenvalue weighted by molar-refractivity contribution is 7.80. The zero-order valence-corrected chi connectivity index (χ0v) is 10.2. The molecule has 2 N–H and O–H groups in total. The minimum absolute atomic E-state index is 0.197. The van der Waals surface area contributed by atoms with Gasteiger partial charge in [0, 0.05) is 27.3 Å². The molecule has 0 unspecified atom stereocenters. The highest BCUT2D eigenvalue weighted by Gasteiger charge is 2.32. The molecule has 0 heterocycles. The van der Waals surface area contributed by atoms with Crippen molar-refractivity contribution in [2.45, 2.75) is 4.90 Å². The quantitative estimate of drug-likeness (QED) is 0.479. The minimum Gasteiger partial charge on any atom is -0.398 e. The molecule has 4 heteroatoms. The summed E-state index contributed by atoms with van der Waals surface area (Å²) in [6.07, 6.45) is 0. The summed E-state index contributed by atoms with van der Waals surface area (Å²) in [6, 6.07) is 9.99. The zero-order chi connectivity index (χ0) is 12.9. The molecular formula is C14H9NO2S. The number of nitrogen functional groups attached to an aromatic ring is 1. The molecule has 0 aliphatic heterocycles. The van der Waals surface area contributed by atoms with Gasteiger partial charge in [0.2, 0.25) is 0 Å². The van der Waals surface area contributed by atoms with Crippen LogP contribution < -0.4 is 5.73 Å². The highest BCUT2D eigenvalue weighted by Crippen LogP contribution is 2.34. The molecule has 0 radical (unpaired) electrons. The third kappa shape index (κ3) is 1.32. The van der Waals surface area contributed by atoms with Crippen molar-refractivity contribution >= 4 is 29.9 Å². The van der Waals surface area contributed by atoms with E-state index in [-0.39, 0.29) is 17.1 Å². The molecule has 2 aromatic rings. The van der Waals surface area contributed by atoms with E-state index in [1.54, 1.807) is 36.4 Å². The average Bonchev–Trinajstić information content (AvgIpc) is 2.38. The monoisotopic (exact) mass is 255 g/mol. The van der Waals surface area contributed by atoms with Crippen molar-refractivity contribution in [1.29, 1.82) is 0 Å². The van der Waals surface area contributed by atoms with Crippen molar-refractivity contribution in [3.63, 3.8) is 0 Å². The smallest absolute Gasteiger partial charge is 0.196 e. The van der Waals surface area contributed by atoms with Crippen molar-refractivity contribution < 1.29 is 9.59 Å². The molecule has 0 bridgehead atoms. The topological polar surface area (TPSA) is 60.2 Å². The Bertz CT molecular complexity index is 647. The Balaban J connectivity index is 2.41. The van der Waals surface area contributed by atoms with Gasteiger partial charge in [-0.15, -0.1) is 12.6 Å². The van der Waals surface area contributed by atoms with Crippen molar-refractivity contribution in [3.8, 4) is 0 Å². The van der Waals surface area contributed by atoms with E-state index in [2.05, 4.69) is 12.6 Å². The van der Waals surface area contributed by atoms with Crippen molar-refractivity contribution in [2.75, 3.05) is 5.73 Å². The van der Waals surface area contributed by atoms with Crippen LogP contribution >= 0.6 is 12.6 Å². The lowest BCUT2D eigenvalue weighted by Gasteiger charge is -2.19. The Hall–Kier alpha value is -2.07. The Morgan fingerprint density at radius 2 is 1.39 bits per heavy atom. The lowest BCUT2D eigenvalue weighted by Crippen LogP contribution is -2.22. The molecule has 1 aliphatic carbocycles. The Labute approximate surface area is 109 Å². The van der Waals surface area contributed by atoms with E-state index < -0.39 is 0 Å². The first-order valence-electron chi connectivity index (χ1n) is 5.41. The molecule has 3 nitrogen and oxygen atoms in total. The Kier molecular flexibility index (Phi) is 2.28. The second kappa shape index (κ2) is 3.71. The Morgan fingerprint density at radius 1 is 0.833 bits per heavy atom. The molecule has 3 rings (SSSR count). The fraction of sp³-hybridized carbons (Fsp3) is 0. The van der Waals surface area contributed by atoms with Crippen LogP contribution in [0.1, 0.15) is 31.8 Å². The predicted molar refractivity (Wildman–Crippen MR) is 71.4 cm³/mol. The largest absolute Gasteiger partial charge is 0.398 e. The SMILES string of the molecule is Nc1ccc(S)c2c1C(=O)c1ccccc1C2=O. The molecule has 1 aliphatic rings. The standard InChI is InChI=1S/C14H9NO2S/c15-9-5-6-10(18)12-11(9)13(16)7-3-1-2-4-8(7)14(12)17/h1-6,18H,15H2. The van der Waals surface area contributed by atoms with Crippen LogP contribution in [0.3, 0.4) is 0 Å². The summed E-state index contributed by atoms with van der Waals surface area (Å²) in [5, 5.41) is 0. The number of thiol groups is 1. The van der Waals surface area contributed by atoms with Gasteiger partial charge in [0.25, 0.3) is 0 Å². The van der Waals surface area contributed by atoms with Crippen LogP contribution in [-0.2, 0) is 0 Å². The number of hydrogen-bond donors (Lipinski definition) is 2. The van der Waals surface area contributed by atoms with Gasteiger partial charge in [0.05, 0.1) is 5.56 Å². The second-order valence-electron chi connectivity index (χ2n) is 4.13. The van der Waals surface area contributed by atoms with Crippen LogP contribution in [0.2, 0.25) is 0 Å². The normalized spacial score (nSPS) is 13.2. The summed E-state index contributed by atoms with van der Waals surface area (Å²) in [6.45, 7) is 0. The van der Waals surface area contributed by atoms with Gasteiger partial charge in [0.15, 0.2) is 11.6 Å². The van der Waals surface area contributed by atoms with Gasteiger partial charge in [-0.05, 0) is 12.1 Å². The number of carbonyl (C=O) groups is 2. The van der Waals surface area contributed by atoms with Gasteiger partial charge in [-0.1, -0.05) is 24.3 Å². The lowest BCUT2D eigenvalue weighted by molar-refractivity contribution is 0.0977. The maximum absolute atomic E-state index is 12.4. The van der Waals surface area contributed by atoms with E-state index >= 15 is 0 Å². The predicted octanol–water partition coefficient (Wildman–Crippen LogP) is 2.33. The fourth-order valence-corrected chi connectivity index (χ4v) is 2.52. The first kappa shape index (κ1) is 11.0. The summed E-state index contributed by atoms with van der Waals surface area (Å²) >= 11 is 4.25. The number of rotatable bonds is 0. The van der Waals surface area contributed by atoms with Gasteiger partial charge >= 0.3 is 0 Å². The number of hydrogen-bond acceptors (Lipinski definition) is 4. The molecule has 0 aromatic heterocycles. The van der Waals surface area contributed by atoms with Crippen LogP contribution in [0.25, 0.3) is 0 Å². The molecule has 88 valence electrons. The first-order valence-corrected chi connectivity index (χ1v) is 5.86. The fourth-order valence-electron chi connectivity index (χ4n) is 2.23. The number of nitrogens with two attached hydrogens (primary N) is 1. The molecule has 0 fully saturated rings. The lowest BCUT2D eigenvalue weighted by atomic mass is 9.83. The number of ketones is 2. The summed E-state index contributed by atoms with van der Waals surface area (Å²) in [4.78, 5) is 25.2. The van der Waals surface area contributed by atoms with Crippen LogP contribution in [-0.4, -0.2) is 11.6 Å². The van der Waals surface area contributed by atoms with Crippen molar-refractivity contribution in [1.82, 2.24) is 0 Å². The molecule has 0 saturated carbocycles. The summed E-state index contributed by atoms with van der Waals surface area (Å²) in [5.74, 6) is -0.411. The van der Waals surface area contributed by atoms with Gasteiger partial charge in [-0.2, -0.15) is 0 Å². The molecule has 0 saturated heterocycles. The van der Waals surface area contributed by atoms with Gasteiger partial charge < -0.3 is 5.73 Å². The van der Waals surface area contributed by atoms with E-state index in [0.29, 0.717) is 27.3 Å². The van der Waals surface area contributed by atoms with E-state index in [9.17, 15) is 9.59 Å². The van der Waals surface area contributed by atoms with Crippen molar-refractivity contribution in [2.24, 2.45) is 0 Å². The Morgan fingerprint density at radius 3 is 2.00 bits per heavy atom. The van der Waals surface area contributed by atoms with E-state index in [1.807, 2.05) is 0 Å². The molecule has 2 aromatic carbocycles. The number of benzene rings is 2. The molecular weight excluding hydrogens is 246 g/mol. The van der Waals surface area contributed by atoms with Gasteiger partial charge in [-0.3, -0.25) is 9.59 Å². The van der Waals surface area contributed by atoms with E-state index in [0.717, 1.165) is 0 Å². The van der Waals surface area contributed by atoms with Crippen LogP contribution in [0, 0.1) is 0 Å². The van der Waals surface area contributed by atoms with Crippen LogP contribution in [0.5, 0.6) is 0 Å². The van der Waals surface area contributed by atoms with E-state index in [1.165, 1.54) is 0 Å². The maximum Gasteiger partial charge on any atom is 0.196 e. The molecule has 0 atom stereocenters. The second-order valence-corrected chi connectivity index (χ2v) is 4.61. The van der Waals surface area contributed by atoms with Gasteiger partial charge in [0.1, 0.15) is 0 Å². The summed E-state index contributed by atoms with van der Waals surface area (Å²) in [7, 11) is 0. The molecule has 0 spiro atoms. The third-order valence-corrected chi connectivity index (χ3v) is 3.46.